The number of rotatable bonds is 4. The van der Waals surface area contributed by atoms with Crippen LogP contribution in [0.2, 0.25) is 5.02 Å². The quantitative estimate of drug-likeness (QED) is 0.852. The molecular weight excluding hydrogens is 370 g/mol. The van der Waals surface area contributed by atoms with E-state index < -0.39 is 0 Å². The fourth-order valence-electron chi connectivity index (χ4n) is 2.99. The summed E-state index contributed by atoms with van der Waals surface area (Å²) in [5, 5.41) is 2.65. The minimum absolute atomic E-state index is 0.0340. The molecule has 1 aliphatic heterocycles. The van der Waals surface area contributed by atoms with Gasteiger partial charge in [-0.2, -0.15) is 0 Å². The molecule has 0 fully saturated rings. The van der Waals surface area contributed by atoms with E-state index in [4.69, 9.17) is 22.1 Å². The van der Waals surface area contributed by atoms with Gasteiger partial charge in [-0.15, -0.1) is 11.3 Å². The second-order valence-corrected chi connectivity index (χ2v) is 8.06. The van der Waals surface area contributed by atoms with Crippen LogP contribution in [-0.4, -0.2) is 36.0 Å². The zero-order valence-corrected chi connectivity index (χ0v) is 16.8. The largest absolute Gasteiger partial charge is 0.491 e. The standard InChI is InChI=1S/C19H22ClN3O2S/c1-10(2)25-15-6-12(5-14(20)8-15)13-7-16(26-9-13)17-11(3)22-19(21)23(4)18(17)24/h5-11,17H,1-4H3,(H2,21,22)/t11-,17?/m0/s1. The lowest BCUT2D eigenvalue weighted by molar-refractivity contribution is -0.129. The Labute approximate surface area is 162 Å². The fourth-order valence-corrected chi connectivity index (χ4v) is 4.33. The molecule has 0 bridgehead atoms. The number of hydrogen-bond acceptors (Lipinski definition) is 5. The van der Waals surface area contributed by atoms with Gasteiger partial charge in [0.2, 0.25) is 5.91 Å². The smallest absolute Gasteiger partial charge is 0.239 e. The molecule has 0 radical (unpaired) electrons. The summed E-state index contributed by atoms with van der Waals surface area (Å²) in [5.74, 6) is 0.639. The zero-order chi connectivity index (χ0) is 19.0. The number of nitrogens with two attached hydrogens (primary N) is 1. The molecule has 5 nitrogen and oxygen atoms in total. The molecule has 2 heterocycles. The van der Waals surface area contributed by atoms with Gasteiger partial charge in [-0.25, -0.2) is 4.99 Å². The van der Waals surface area contributed by atoms with Crippen molar-refractivity contribution in [2.24, 2.45) is 10.7 Å². The number of carbonyl (C=O) groups excluding carboxylic acids is 1. The number of nitrogens with zero attached hydrogens (tertiary/aromatic N) is 2. The van der Waals surface area contributed by atoms with Crippen LogP contribution in [0.25, 0.3) is 11.1 Å². The van der Waals surface area contributed by atoms with Crippen molar-refractivity contribution < 1.29 is 9.53 Å². The van der Waals surface area contributed by atoms with Crippen LogP contribution >= 0.6 is 22.9 Å². The van der Waals surface area contributed by atoms with Gasteiger partial charge in [-0.1, -0.05) is 11.6 Å². The van der Waals surface area contributed by atoms with Crippen LogP contribution < -0.4 is 10.5 Å². The molecule has 2 aromatic rings. The Hall–Kier alpha value is -2.05. The highest BCUT2D eigenvalue weighted by Gasteiger charge is 2.35. The Morgan fingerprint density at radius 2 is 2.00 bits per heavy atom. The van der Waals surface area contributed by atoms with Crippen molar-refractivity contribution in [3.05, 3.63) is 39.5 Å². The monoisotopic (exact) mass is 391 g/mol. The van der Waals surface area contributed by atoms with E-state index in [0.29, 0.717) is 5.02 Å². The maximum Gasteiger partial charge on any atom is 0.239 e. The minimum Gasteiger partial charge on any atom is -0.491 e. The lowest BCUT2D eigenvalue weighted by Crippen LogP contribution is -2.48. The molecule has 1 unspecified atom stereocenters. The lowest BCUT2D eigenvalue weighted by atomic mass is 9.95. The predicted octanol–water partition coefficient (Wildman–Crippen LogP) is 4.11. The summed E-state index contributed by atoms with van der Waals surface area (Å²) >= 11 is 7.80. The second-order valence-electron chi connectivity index (χ2n) is 6.68. The van der Waals surface area contributed by atoms with E-state index in [1.54, 1.807) is 24.5 Å². The van der Waals surface area contributed by atoms with Crippen molar-refractivity contribution in [1.29, 1.82) is 0 Å². The van der Waals surface area contributed by atoms with Crippen molar-refractivity contribution in [3.8, 4) is 16.9 Å². The highest BCUT2D eigenvalue weighted by Crippen LogP contribution is 2.37. The maximum absolute atomic E-state index is 12.7. The summed E-state index contributed by atoms with van der Waals surface area (Å²) in [5.41, 5.74) is 7.77. The Balaban J connectivity index is 1.93. The normalized spacial score (nSPS) is 20.5. The van der Waals surface area contributed by atoms with Gasteiger partial charge in [-0.05, 0) is 61.5 Å². The van der Waals surface area contributed by atoms with E-state index in [-0.39, 0.29) is 29.9 Å². The molecule has 26 heavy (non-hydrogen) atoms. The summed E-state index contributed by atoms with van der Waals surface area (Å²) in [4.78, 5) is 19.4. The number of ether oxygens (including phenoxy) is 1. The third-order valence-corrected chi connectivity index (χ3v) is 5.50. The van der Waals surface area contributed by atoms with Gasteiger partial charge < -0.3 is 10.5 Å². The predicted molar refractivity (Wildman–Crippen MR) is 107 cm³/mol. The number of benzene rings is 1. The molecule has 2 atom stereocenters. The highest BCUT2D eigenvalue weighted by atomic mass is 35.5. The molecule has 0 spiro atoms. The molecule has 1 amide bonds. The SMILES string of the molecule is CC(C)Oc1cc(Cl)cc(-c2csc(C3C(=O)N(C)C(N)=N[C@H]3C)c2)c1. The number of likely N-dealkylation sites (N-methyl/N-ethyl adjacent to an activating group) is 1. The third kappa shape index (κ3) is 3.71. The topological polar surface area (TPSA) is 67.9 Å². The summed E-state index contributed by atoms with van der Waals surface area (Å²) in [7, 11) is 1.65. The molecule has 0 saturated heterocycles. The van der Waals surface area contributed by atoms with Gasteiger partial charge in [0.1, 0.15) is 5.75 Å². The summed E-state index contributed by atoms with van der Waals surface area (Å²) in [6.45, 7) is 5.86. The van der Waals surface area contributed by atoms with Gasteiger partial charge in [0, 0.05) is 16.9 Å². The number of amides is 1. The van der Waals surface area contributed by atoms with Gasteiger partial charge >= 0.3 is 0 Å². The number of hydrogen-bond donors (Lipinski definition) is 1. The van der Waals surface area contributed by atoms with E-state index in [1.807, 2.05) is 44.4 Å². The average Bonchev–Trinajstić information content (AvgIpc) is 3.01. The van der Waals surface area contributed by atoms with Crippen LogP contribution in [0.15, 0.2) is 34.6 Å². The fraction of sp³-hybridized carbons (Fsp3) is 0.368. The first-order valence-electron chi connectivity index (χ1n) is 8.43. The number of carbonyl (C=O) groups is 1. The zero-order valence-electron chi connectivity index (χ0n) is 15.2. The van der Waals surface area contributed by atoms with Crippen molar-refractivity contribution in [2.75, 3.05) is 7.05 Å². The summed E-state index contributed by atoms with van der Waals surface area (Å²) in [6.07, 6.45) is 0.0684. The van der Waals surface area contributed by atoms with Crippen molar-refractivity contribution >= 4 is 34.8 Å². The average molecular weight is 392 g/mol. The molecular formula is C19H22ClN3O2S. The summed E-state index contributed by atoms with van der Waals surface area (Å²) < 4.78 is 5.77. The molecule has 2 N–H and O–H groups in total. The van der Waals surface area contributed by atoms with Crippen molar-refractivity contribution in [3.63, 3.8) is 0 Å². The van der Waals surface area contributed by atoms with Gasteiger partial charge in [0.25, 0.3) is 0 Å². The highest BCUT2D eigenvalue weighted by molar-refractivity contribution is 7.10. The molecule has 138 valence electrons. The van der Waals surface area contributed by atoms with Gasteiger partial charge in [-0.3, -0.25) is 9.69 Å². The Morgan fingerprint density at radius 3 is 2.69 bits per heavy atom. The maximum atomic E-state index is 12.7. The first-order chi connectivity index (χ1) is 12.3. The Morgan fingerprint density at radius 1 is 1.27 bits per heavy atom. The molecule has 3 rings (SSSR count). The molecule has 1 aromatic carbocycles. The Kier molecular flexibility index (Phi) is 5.25. The molecule has 7 heteroatoms. The van der Waals surface area contributed by atoms with Crippen LogP contribution in [-0.2, 0) is 4.79 Å². The molecule has 1 aromatic heterocycles. The van der Waals surface area contributed by atoms with Crippen LogP contribution in [0.4, 0.5) is 0 Å². The minimum atomic E-state index is -0.323. The van der Waals surface area contributed by atoms with Crippen molar-refractivity contribution in [1.82, 2.24) is 4.90 Å². The van der Waals surface area contributed by atoms with Gasteiger partial charge in [0.05, 0.1) is 18.1 Å². The van der Waals surface area contributed by atoms with E-state index >= 15 is 0 Å². The van der Waals surface area contributed by atoms with E-state index in [1.165, 1.54) is 4.90 Å². The summed E-state index contributed by atoms with van der Waals surface area (Å²) in [6, 6.07) is 7.50. The van der Waals surface area contributed by atoms with Gasteiger partial charge in [0.15, 0.2) is 5.96 Å². The van der Waals surface area contributed by atoms with E-state index in [0.717, 1.165) is 21.8 Å². The van der Waals surface area contributed by atoms with E-state index in [9.17, 15) is 4.79 Å². The van der Waals surface area contributed by atoms with Crippen LogP contribution in [0, 0.1) is 0 Å². The van der Waals surface area contributed by atoms with E-state index in [2.05, 4.69) is 4.99 Å². The number of halogens is 1. The molecule has 0 aliphatic carbocycles. The molecule has 1 aliphatic rings. The van der Waals surface area contributed by atoms with Crippen molar-refractivity contribution in [2.45, 2.75) is 38.8 Å². The lowest BCUT2D eigenvalue weighted by Gasteiger charge is -2.30. The number of aliphatic imine (C=N–C) groups is 1. The number of guanidine groups is 1. The second kappa shape index (κ2) is 7.29. The third-order valence-electron chi connectivity index (χ3n) is 4.26. The first kappa shape index (κ1) is 18.7. The Bertz CT molecular complexity index is 862. The van der Waals surface area contributed by atoms with Crippen LogP contribution in [0.3, 0.4) is 0 Å². The number of thiophene rings is 1. The molecule has 0 saturated carbocycles. The van der Waals surface area contributed by atoms with Crippen LogP contribution in [0.1, 0.15) is 31.6 Å². The van der Waals surface area contributed by atoms with Crippen LogP contribution in [0.5, 0.6) is 5.75 Å². The first-order valence-corrected chi connectivity index (χ1v) is 9.69.